The number of anilines is 1. The number of carbonyl (C=O) groups is 1. The third kappa shape index (κ3) is 3.45. The molecule has 1 aromatic carbocycles. The molecule has 0 aliphatic heterocycles. The number of hydrogen-bond donors (Lipinski definition) is 1. The van der Waals surface area contributed by atoms with Crippen molar-refractivity contribution >= 4 is 33.0 Å². The summed E-state index contributed by atoms with van der Waals surface area (Å²) in [4.78, 5) is 11.7. The Morgan fingerprint density at radius 3 is 2.61 bits per heavy atom. The molecule has 0 radical (unpaired) electrons. The van der Waals surface area contributed by atoms with Gasteiger partial charge in [0.2, 0.25) is 5.91 Å². The lowest BCUT2D eigenvalue weighted by Gasteiger charge is -2.11. The Morgan fingerprint density at radius 1 is 1.50 bits per heavy atom. The summed E-state index contributed by atoms with van der Waals surface area (Å²) in [6.07, 6.45) is 0.973. The Balaban J connectivity index is 3.03. The molecule has 0 spiro atoms. The minimum atomic E-state index is -3.48. The summed E-state index contributed by atoms with van der Waals surface area (Å²) in [6, 6.07) is 6.24. The van der Waals surface area contributed by atoms with Gasteiger partial charge in [0.25, 0.3) is 0 Å². The highest BCUT2D eigenvalue weighted by atomic mass is 35.5. The van der Waals surface area contributed by atoms with Gasteiger partial charge in [0.15, 0.2) is 9.84 Å². The lowest BCUT2D eigenvalue weighted by atomic mass is 10.2. The molecule has 0 heterocycles. The van der Waals surface area contributed by atoms with Crippen LogP contribution in [0.5, 0.6) is 0 Å². The molecule has 18 heavy (non-hydrogen) atoms. The third-order valence-electron chi connectivity index (χ3n) is 2.37. The number of hydrogen-bond acceptors (Lipinski definition) is 4. The van der Waals surface area contributed by atoms with Crippen molar-refractivity contribution in [2.45, 2.75) is 12.2 Å². The highest BCUT2D eigenvalue weighted by Crippen LogP contribution is 2.20. The normalized spacial score (nSPS) is 12.6. The number of carbonyl (C=O) groups excluding carboxylic acids is 1. The Labute approximate surface area is 110 Å². The molecular weight excluding hydrogens is 276 g/mol. The number of rotatable bonds is 3. The predicted octanol–water partition coefficient (Wildman–Crippen LogP) is 1.58. The number of benzene rings is 1. The SMILES string of the molecule is CC(C(=O)Nc1cc(Cl)ccc1C#N)S(C)(=O)=O. The molecule has 96 valence electrons. The Hall–Kier alpha value is -1.58. The maximum atomic E-state index is 11.7. The van der Waals surface area contributed by atoms with Crippen molar-refractivity contribution in [3.8, 4) is 6.07 Å². The number of sulfone groups is 1. The predicted molar refractivity (Wildman–Crippen MR) is 69.1 cm³/mol. The van der Waals surface area contributed by atoms with Crippen LogP contribution in [-0.4, -0.2) is 25.8 Å². The Bertz CT molecular complexity index is 620. The Kier molecular flexibility index (Phi) is 4.33. The van der Waals surface area contributed by atoms with E-state index in [1.54, 1.807) is 0 Å². The first kappa shape index (κ1) is 14.5. The molecule has 5 nitrogen and oxygen atoms in total. The summed E-state index contributed by atoms with van der Waals surface area (Å²) >= 11 is 5.75. The van der Waals surface area contributed by atoms with E-state index in [1.807, 2.05) is 6.07 Å². The highest BCUT2D eigenvalue weighted by molar-refractivity contribution is 7.92. The fourth-order valence-corrected chi connectivity index (χ4v) is 1.77. The van der Waals surface area contributed by atoms with E-state index < -0.39 is 21.0 Å². The largest absolute Gasteiger partial charge is 0.324 e. The van der Waals surface area contributed by atoms with Crippen molar-refractivity contribution in [1.29, 1.82) is 5.26 Å². The second-order valence-corrected chi connectivity index (χ2v) is 6.57. The summed E-state index contributed by atoms with van der Waals surface area (Å²) in [5.41, 5.74) is 0.416. The summed E-state index contributed by atoms with van der Waals surface area (Å²) in [5.74, 6) is -0.698. The van der Waals surface area contributed by atoms with E-state index >= 15 is 0 Å². The fourth-order valence-electron chi connectivity index (χ4n) is 1.15. The summed E-state index contributed by atoms with van der Waals surface area (Å²) < 4.78 is 22.5. The fraction of sp³-hybridized carbons (Fsp3) is 0.273. The van der Waals surface area contributed by atoms with Crippen molar-refractivity contribution in [2.24, 2.45) is 0 Å². The zero-order valence-corrected chi connectivity index (χ0v) is 11.3. The first-order valence-corrected chi connectivity index (χ1v) is 7.28. The van der Waals surface area contributed by atoms with Crippen LogP contribution in [0, 0.1) is 11.3 Å². The average molecular weight is 287 g/mol. The molecule has 0 aliphatic carbocycles. The van der Waals surface area contributed by atoms with Crippen LogP contribution in [0.1, 0.15) is 12.5 Å². The van der Waals surface area contributed by atoms with Crippen LogP contribution in [0.15, 0.2) is 18.2 Å². The summed E-state index contributed by atoms with van der Waals surface area (Å²) in [7, 11) is -3.48. The molecule has 0 fully saturated rings. The number of halogens is 1. The van der Waals surface area contributed by atoms with Gasteiger partial charge in [-0.15, -0.1) is 0 Å². The minimum absolute atomic E-state index is 0.200. The maximum absolute atomic E-state index is 11.7. The maximum Gasteiger partial charge on any atom is 0.242 e. The van der Waals surface area contributed by atoms with Gasteiger partial charge in [-0.1, -0.05) is 11.6 Å². The zero-order valence-electron chi connectivity index (χ0n) is 9.77. The van der Waals surface area contributed by atoms with E-state index in [0.29, 0.717) is 5.02 Å². The van der Waals surface area contributed by atoms with Crippen LogP contribution in [0.25, 0.3) is 0 Å². The van der Waals surface area contributed by atoms with Crippen LogP contribution in [-0.2, 0) is 14.6 Å². The van der Waals surface area contributed by atoms with Gasteiger partial charge in [-0.3, -0.25) is 4.79 Å². The molecule has 0 saturated heterocycles. The second kappa shape index (κ2) is 5.38. The second-order valence-electron chi connectivity index (χ2n) is 3.76. The molecule has 1 rings (SSSR count). The van der Waals surface area contributed by atoms with E-state index in [2.05, 4.69) is 5.32 Å². The van der Waals surface area contributed by atoms with Gasteiger partial charge < -0.3 is 5.32 Å². The highest BCUT2D eigenvalue weighted by Gasteiger charge is 2.24. The van der Waals surface area contributed by atoms with Gasteiger partial charge in [0.1, 0.15) is 11.3 Å². The van der Waals surface area contributed by atoms with Crippen LogP contribution in [0.2, 0.25) is 5.02 Å². The van der Waals surface area contributed by atoms with Crippen molar-refractivity contribution < 1.29 is 13.2 Å². The van der Waals surface area contributed by atoms with Crippen LogP contribution >= 0.6 is 11.6 Å². The van der Waals surface area contributed by atoms with Gasteiger partial charge in [-0.25, -0.2) is 8.42 Å². The molecule has 0 aromatic heterocycles. The Morgan fingerprint density at radius 2 is 2.11 bits per heavy atom. The molecule has 0 saturated carbocycles. The lowest BCUT2D eigenvalue weighted by Crippen LogP contribution is -2.32. The number of nitrogens with zero attached hydrogens (tertiary/aromatic N) is 1. The average Bonchev–Trinajstić information content (AvgIpc) is 2.27. The van der Waals surface area contributed by atoms with E-state index in [1.165, 1.54) is 25.1 Å². The van der Waals surface area contributed by atoms with Crippen molar-refractivity contribution in [3.63, 3.8) is 0 Å². The van der Waals surface area contributed by atoms with Crippen LogP contribution in [0.4, 0.5) is 5.69 Å². The number of nitrogens with one attached hydrogen (secondary N) is 1. The molecule has 7 heteroatoms. The standard InChI is InChI=1S/C11H11ClN2O3S/c1-7(18(2,16)17)11(15)14-10-5-9(12)4-3-8(10)6-13/h3-5,7H,1-2H3,(H,14,15). The molecule has 1 N–H and O–H groups in total. The van der Waals surface area contributed by atoms with Gasteiger partial charge in [0.05, 0.1) is 11.3 Å². The topological polar surface area (TPSA) is 87.0 Å². The summed E-state index contributed by atoms with van der Waals surface area (Å²) in [5, 5.41) is 10.4. The van der Waals surface area contributed by atoms with Crippen molar-refractivity contribution in [1.82, 2.24) is 0 Å². The van der Waals surface area contributed by atoms with E-state index in [-0.39, 0.29) is 11.3 Å². The monoisotopic (exact) mass is 286 g/mol. The third-order valence-corrected chi connectivity index (χ3v) is 4.11. The zero-order chi connectivity index (χ0) is 13.9. The molecule has 0 bridgehead atoms. The van der Waals surface area contributed by atoms with Gasteiger partial charge in [-0.2, -0.15) is 5.26 Å². The van der Waals surface area contributed by atoms with E-state index in [9.17, 15) is 13.2 Å². The quantitative estimate of drug-likeness (QED) is 0.914. The first-order chi connectivity index (χ1) is 8.25. The molecule has 1 atom stereocenters. The first-order valence-electron chi connectivity index (χ1n) is 4.95. The van der Waals surface area contributed by atoms with Crippen molar-refractivity contribution in [2.75, 3.05) is 11.6 Å². The molecule has 1 amide bonds. The van der Waals surface area contributed by atoms with E-state index in [4.69, 9.17) is 16.9 Å². The molecule has 1 unspecified atom stereocenters. The van der Waals surface area contributed by atoms with Gasteiger partial charge >= 0.3 is 0 Å². The molecular formula is C11H11ClN2O3S. The van der Waals surface area contributed by atoms with Crippen LogP contribution in [0.3, 0.4) is 0 Å². The van der Waals surface area contributed by atoms with E-state index in [0.717, 1.165) is 6.26 Å². The number of nitriles is 1. The van der Waals surface area contributed by atoms with Crippen molar-refractivity contribution in [3.05, 3.63) is 28.8 Å². The smallest absolute Gasteiger partial charge is 0.242 e. The van der Waals surface area contributed by atoms with Gasteiger partial charge in [0, 0.05) is 11.3 Å². The number of amides is 1. The minimum Gasteiger partial charge on any atom is -0.324 e. The lowest BCUT2D eigenvalue weighted by molar-refractivity contribution is -0.115. The van der Waals surface area contributed by atoms with Crippen LogP contribution < -0.4 is 5.32 Å². The summed E-state index contributed by atoms with van der Waals surface area (Å²) in [6.45, 7) is 1.28. The molecule has 1 aromatic rings. The molecule has 0 aliphatic rings. The van der Waals surface area contributed by atoms with Gasteiger partial charge in [-0.05, 0) is 25.1 Å².